The first-order valence-corrected chi connectivity index (χ1v) is 7.41. The van der Waals surface area contributed by atoms with Crippen LogP contribution in [0.1, 0.15) is 38.0 Å². The molecule has 3 rings (SSSR count). The van der Waals surface area contributed by atoms with Gasteiger partial charge in [-0.25, -0.2) is 9.69 Å². The summed E-state index contributed by atoms with van der Waals surface area (Å²) in [6.07, 6.45) is 0. The third kappa shape index (κ3) is 2.42. The molecule has 0 fully saturated rings. The molecule has 2 aromatic rings. The van der Waals surface area contributed by atoms with E-state index in [0.29, 0.717) is 18.0 Å². The van der Waals surface area contributed by atoms with Crippen molar-refractivity contribution < 1.29 is 23.9 Å². The van der Waals surface area contributed by atoms with Crippen molar-refractivity contribution in [1.29, 1.82) is 0 Å². The Balaban J connectivity index is 2.06. The molecule has 2 amide bonds. The van der Waals surface area contributed by atoms with E-state index in [0.717, 1.165) is 4.90 Å². The highest BCUT2D eigenvalue weighted by Gasteiger charge is 2.38. The highest BCUT2D eigenvalue weighted by molar-refractivity contribution is 6.35. The van der Waals surface area contributed by atoms with Crippen LogP contribution in [0.2, 0.25) is 0 Å². The normalized spacial score (nSPS) is 13.0. The van der Waals surface area contributed by atoms with Crippen molar-refractivity contribution in [2.75, 3.05) is 18.6 Å². The number of fused-ring (bicyclic) bond motifs is 1. The Morgan fingerprint density at radius 1 is 1.04 bits per heavy atom. The molecule has 2 aromatic carbocycles. The molecule has 6 nitrogen and oxygen atoms in total. The Labute approximate surface area is 138 Å². The first-order chi connectivity index (χ1) is 11.6. The molecule has 1 aliphatic heterocycles. The largest absolute Gasteiger partial charge is 0.492 e. The zero-order valence-electron chi connectivity index (χ0n) is 13.2. The van der Waals surface area contributed by atoms with Gasteiger partial charge >= 0.3 is 5.97 Å². The van der Waals surface area contributed by atoms with Gasteiger partial charge in [-0.1, -0.05) is 12.1 Å². The number of carbonyl (C=O) groups excluding carboxylic acids is 3. The molecule has 0 saturated heterocycles. The lowest BCUT2D eigenvalue weighted by molar-refractivity contribution is 0.0600. The van der Waals surface area contributed by atoms with Crippen LogP contribution in [-0.4, -0.2) is 31.5 Å². The minimum Gasteiger partial charge on any atom is -0.492 e. The molecule has 0 saturated carbocycles. The zero-order chi connectivity index (χ0) is 17.3. The van der Waals surface area contributed by atoms with Gasteiger partial charge in [0.15, 0.2) is 0 Å². The second-order valence-electron chi connectivity index (χ2n) is 5.10. The number of anilines is 1. The third-order valence-electron chi connectivity index (χ3n) is 3.71. The van der Waals surface area contributed by atoms with Crippen LogP contribution in [-0.2, 0) is 4.74 Å². The molecule has 24 heavy (non-hydrogen) atoms. The fraction of sp³-hybridized carbons (Fsp3) is 0.167. The summed E-state index contributed by atoms with van der Waals surface area (Å²) in [4.78, 5) is 38.1. The predicted molar refractivity (Wildman–Crippen MR) is 86.5 cm³/mol. The number of hydrogen-bond donors (Lipinski definition) is 0. The fourth-order valence-electron chi connectivity index (χ4n) is 2.62. The van der Waals surface area contributed by atoms with Gasteiger partial charge in [-0.15, -0.1) is 0 Å². The Hall–Kier alpha value is -3.15. The number of benzene rings is 2. The number of esters is 1. The van der Waals surface area contributed by atoms with Crippen molar-refractivity contribution in [1.82, 2.24) is 0 Å². The van der Waals surface area contributed by atoms with Crippen LogP contribution in [0.3, 0.4) is 0 Å². The van der Waals surface area contributed by atoms with Gasteiger partial charge in [0, 0.05) is 0 Å². The van der Waals surface area contributed by atoms with Gasteiger partial charge in [0.05, 0.1) is 36.1 Å². The standard InChI is InChI=1S/C18H15NO5/c1-3-24-15-7-5-4-6-14(15)19-16(20)12-9-8-11(18(22)23-2)10-13(12)17(19)21/h4-10H,3H2,1-2H3. The van der Waals surface area contributed by atoms with E-state index in [9.17, 15) is 14.4 Å². The average molecular weight is 325 g/mol. The van der Waals surface area contributed by atoms with E-state index in [1.807, 2.05) is 6.92 Å². The van der Waals surface area contributed by atoms with E-state index in [2.05, 4.69) is 4.74 Å². The van der Waals surface area contributed by atoms with Crippen molar-refractivity contribution in [2.45, 2.75) is 6.92 Å². The Bertz CT molecular complexity index is 843. The minimum absolute atomic E-state index is 0.175. The first-order valence-electron chi connectivity index (χ1n) is 7.41. The number of nitrogens with zero attached hydrogens (tertiary/aromatic N) is 1. The van der Waals surface area contributed by atoms with Gasteiger partial charge < -0.3 is 9.47 Å². The summed E-state index contributed by atoms with van der Waals surface area (Å²) in [7, 11) is 1.26. The monoisotopic (exact) mass is 325 g/mol. The van der Waals surface area contributed by atoms with E-state index < -0.39 is 17.8 Å². The molecule has 0 bridgehead atoms. The molecule has 122 valence electrons. The molecule has 0 aliphatic carbocycles. The second kappa shape index (κ2) is 6.16. The maximum Gasteiger partial charge on any atom is 0.337 e. The number of methoxy groups -OCH3 is 1. The number of hydrogen-bond acceptors (Lipinski definition) is 5. The molecule has 0 atom stereocenters. The van der Waals surface area contributed by atoms with E-state index >= 15 is 0 Å². The summed E-state index contributed by atoms with van der Waals surface area (Å²) >= 11 is 0. The molecule has 0 radical (unpaired) electrons. The molecule has 0 unspecified atom stereocenters. The molecule has 1 aliphatic rings. The van der Waals surface area contributed by atoms with Gasteiger partial charge in [-0.3, -0.25) is 9.59 Å². The maximum atomic E-state index is 12.7. The van der Waals surface area contributed by atoms with E-state index in [-0.39, 0.29) is 16.7 Å². The lowest BCUT2D eigenvalue weighted by atomic mass is 10.1. The number of para-hydroxylation sites is 2. The minimum atomic E-state index is -0.564. The average Bonchev–Trinajstić information content (AvgIpc) is 2.85. The molecule has 6 heteroatoms. The summed E-state index contributed by atoms with van der Waals surface area (Å²) < 4.78 is 10.2. The van der Waals surface area contributed by atoms with Crippen LogP contribution < -0.4 is 9.64 Å². The summed E-state index contributed by atoms with van der Waals surface area (Å²) in [6.45, 7) is 2.23. The SMILES string of the molecule is CCOc1ccccc1N1C(=O)c2ccc(C(=O)OC)cc2C1=O. The molecule has 0 aromatic heterocycles. The molecule has 0 N–H and O–H groups in total. The number of carbonyl (C=O) groups is 3. The summed E-state index contributed by atoms with van der Waals surface area (Å²) in [5, 5.41) is 0. The van der Waals surface area contributed by atoms with Crippen LogP contribution in [0.25, 0.3) is 0 Å². The zero-order valence-corrected chi connectivity index (χ0v) is 13.2. The Morgan fingerprint density at radius 2 is 1.75 bits per heavy atom. The predicted octanol–water partition coefficient (Wildman–Crippen LogP) is 2.67. The number of rotatable bonds is 4. The Kier molecular flexibility index (Phi) is 4.04. The van der Waals surface area contributed by atoms with Gasteiger partial charge in [0.2, 0.25) is 0 Å². The molecule has 1 heterocycles. The van der Waals surface area contributed by atoms with Crippen LogP contribution in [0, 0.1) is 0 Å². The van der Waals surface area contributed by atoms with Crippen LogP contribution in [0.4, 0.5) is 5.69 Å². The molecular formula is C18H15NO5. The van der Waals surface area contributed by atoms with Gasteiger partial charge in [0.25, 0.3) is 11.8 Å². The summed E-state index contributed by atoms with van der Waals surface area (Å²) in [5.74, 6) is -1.06. The fourth-order valence-corrected chi connectivity index (χ4v) is 2.62. The van der Waals surface area contributed by atoms with Gasteiger partial charge in [-0.2, -0.15) is 0 Å². The smallest absolute Gasteiger partial charge is 0.337 e. The van der Waals surface area contributed by atoms with E-state index in [1.165, 1.54) is 25.3 Å². The number of ether oxygens (including phenoxy) is 2. The van der Waals surface area contributed by atoms with Crippen molar-refractivity contribution in [3.8, 4) is 5.75 Å². The summed E-state index contributed by atoms with van der Waals surface area (Å²) in [6, 6.07) is 11.1. The highest BCUT2D eigenvalue weighted by atomic mass is 16.5. The van der Waals surface area contributed by atoms with E-state index in [1.54, 1.807) is 24.3 Å². The van der Waals surface area contributed by atoms with Crippen LogP contribution >= 0.6 is 0 Å². The number of imide groups is 1. The van der Waals surface area contributed by atoms with Gasteiger partial charge in [0.1, 0.15) is 5.75 Å². The van der Waals surface area contributed by atoms with Crippen molar-refractivity contribution in [2.24, 2.45) is 0 Å². The Morgan fingerprint density at radius 3 is 2.46 bits per heavy atom. The van der Waals surface area contributed by atoms with Crippen molar-refractivity contribution in [3.63, 3.8) is 0 Å². The van der Waals surface area contributed by atoms with Gasteiger partial charge in [-0.05, 0) is 37.3 Å². The van der Waals surface area contributed by atoms with Crippen LogP contribution in [0.5, 0.6) is 5.75 Å². The highest BCUT2D eigenvalue weighted by Crippen LogP contribution is 2.35. The third-order valence-corrected chi connectivity index (χ3v) is 3.71. The summed E-state index contributed by atoms with van der Waals surface area (Å²) in [5.41, 5.74) is 1.02. The lowest BCUT2D eigenvalue weighted by Crippen LogP contribution is -2.29. The first kappa shape index (κ1) is 15.7. The van der Waals surface area contributed by atoms with Crippen LogP contribution in [0.15, 0.2) is 42.5 Å². The quantitative estimate of drug-likeness (QED) is 0.638. The topological polar surface area (TPSA) is 72.9 Å². The van der Waals surface area contributed by atoms with Crippen molar-refractivity contribution in [3.05, 3.63) is 59.2 Å². The van der Waals surface area contributed by atoms with E-state index in [4.69, 9.17) is 4.74 Å². The number of amides is 2. The molecular weight excluding hydrogens is 310 g/mol. The van der Waals surface area contributed by atoms with Crippen molar-refractivity contribution >= 4 is 23.5 Å². The maximum absolute atomic E-state index is 12.7. The second-order valence-corrected chi connectivity index (χ2v) is 5.10. The lowest BCUT2D eigenvalue weighted by Gasteiger charge is -2.17. The molecule has 0 spiro atoms.